The van der Waals surface area contributed by atoms with Crippen molar-refractivity contribution < 1.29 is 9.53 Å². The van der Waals surface area contributed by atoms with Crippen LogP contribution in [-0.4, -0.2) is 22.4 Å². The molecule has 4 nitrogen and oxygen atoms in total. The number of esters is 1. The number of hydrogen-bond acceptors (Lipinski definition) is 3. The van der Waals surface area contributed by atoms with E-state index in [-0.39, 0.29) is 5.97 Å². The van der Waals surface area contributed by atoms with Crippen molar-refractivity contribution >= 4 is 12.0 Å². The van der Waals surface area contributed by atoms with Crippen LogP contribution in [0.1, 0.15) is 23.7 Å². The van der Waals surface area contributed by atoms with E-state index < -0.39 is 0 Å². The van der Waals surface area contributed by atoms with E-state index in [1.54, 1.807) is 13.0 Å². The fourth-order valence-electron chi connectivity index (χ4n) is 2.82. The van der Waals surface area contributed by atoms with Gasteiger partial charge in [0.05, 0.1) is 18.0 Å². The summed E-state index contributed by atoms with van der Waals surface area (Å²) in [4.78, 5) is 11.5. The number of carbonyl (C=O) groups excluding carboxylic acids is 1. The lowest BCUT2D eigenvalue weighted by atomic mass is 10.0. The van der Waals surface area contributed by atoms with E-state index in [0.29, 0.717) is 6.61 Å². The maximum atomic E-state index is 11.5. The Kier molecular flexibility index (Phi) is 5.32. The van der Waals surface area contributed by atoms with Gasteiger partial charge in [-0.3, -0.25) is 0 Å². The second kappa shape index (κ2) is 7.83. The molecule has 0 aliphatic heterocycles. The Morgan fingerprint density at radius 3 is 2.62 bits per heavy atom. The normalized spacial score (nSPS) is 11.0. The topological polar surface area (TPSA) is 44.1 Å². The second-order valence-corrected chi connectivity index (χ2v) is 6.11. The fraction of sp³-hybridized carbons (Fsp3) is 0.182. The van der Waals surface area contributed by atoms with Gasteiger partial charge in [-0.2, -0.15) is 5.10 Å². The van der Waals surface area contributed by atoms with Gasteiger partial charge in [-0.1, -0.05) is 24.3 Å². The molecule has 0 saturated heterocycles. The Labute approximate surface area is 153 Å². The van der Waals surface area contributed by atoms with Gasteiger partial charge in [0.2, 0.25) is 0 Å². The average Bonchev–Trinajstić information content (AvgIpc) is 3.06. The van der Waals surface area contributed by atoms with Crippen LogP contribution >= 0.6 is 0 Å². The molecule has 132 valence electrons. The number of rotatable bonds is 5. The van der Waals surface area contributed by atoms with E-state index >= 15 is 0 Å². The van der Waals surface area contributed by atoms with E-state index in [2.05, 4.69) is 42.4 Å². The highest BCUT2D eigenvalue weighted by Gasteiger charge is 2.06. The van der Waals surface area contributed by atoms with Crippen LogP contribution in [0.25, 0.3) is 22.9 Å². The lowest BCUT2D eigenvalue weighted by Crippen LogP contribution is -1.98. The second-order valence-electron chi connectivity index (χ2n) is 6.11. The predicted octanol–water partition coefficient (Wildman–Crippen LogP) is 4.73. The molecule has 0 aliphatic carbocycles. The van der Waals surface area contributed by atoms with Gasteiger partial charge in [-0.25, -0.2) is 9.48 Å². The molecule has 2 aromatic carbocycles. The van der Waals surface area contributed by atoms with Gasteiger partial charge in [-0.05, 0) is 73.4 Å². The van der Waals surface area contributed by atoms with Gasteiger partial charge in [0.1, 0.15) is 0 Å². The summed E-state index contributed by atoms with van der Waals surface area (Å²) >= 11 is 0. The maximum Gasteiger partial charge on any atom is 0.330 e. The fourth-order valence-corrected chi connectivity index (χ4v) is 2.82. The number of ether oxygens (including phenoxy) is 1. The van der Waals surface area contributed by atoms with Crippen molar-refractivity contribution in [2.24, 2.45) is 0 Å². The van der Waals surface area contributed by atoms with Gasteiger partial charge in [0, 0.05) is 12.3 Å². The summed E-state index contributed by atoms with van der Waals surface area (Å²) in [6.45, 7) is 6.24. The Hall–Kier alpha value is -3.14. The average molecular weight is 346 g/mol. The molecule has 0 bridgehead atoms. The highest BCUT2D eigenvalue weighted by molar-refractivity contribution is 5.87. The third kappa shape index (κ3) is 4.09. The summed E-state index contributed by atoms with van der Waals surface area (Å²) in [7, 11) is 0. The lowest BCUT2D eigenvalue weighted by Gasteiger charge is -2.09. The Bertz CT molecular complexity index is 954. The van der Waals surface area contributed by atoms with Crippen LogP contribution in [0.3, 0.4) is 0 Å². The minimum absolute atomic E-state index is 0.326. The highest BCUT2D eigenvalue weighted by atomic mass is 16.5. The molecule has 1 aromatic heterocycles. The van der Waals surface area contributed by atoms with Crippen molar-refractivity contribution in [2.45, 2.75) is 20.8 Å². The molecule has 0 saturated carbocycles. The summed E-state index contributed by atoms with van der Waals surface area (Å²) in [6.07, 6.45) is 5.20. The SMILES string of the molecule is CCOC(=O)C=Cc1cccc(-c2ccc(-n3ccc(C)n3)c(C)c2)c1. The lowest BCUT2D eigenvalue weighted by molar-refractivity contribution is -0.137. The Morgan fingerprint density at radius 1 is 1.12 bits per heavy atom. The molecule has 0 aliphatic rings. The maximum absolute atomic E-state index is 11.5. The molecule has 0 radical (unpaired) electrons. The van der Waals surface area contributed by atoms with Crippen molar-refractivity contribution in [3.63, 3.8) is 0 Å². The van der Waals surface area contributed by atoms with Crippen molar-refractivity contribution in [3.8, 4) is 16.8 Å². The van der Waals surface area contributed by atoms with E-state index in [1.807, 2.05) is 36.0 Å². The van der Waals surface area contributed by atoms with E-state index in [9.17, 15) is 4.79 Å². The monoisotopic (exact) mass is 346 g/mol. The summed E-state index contributed by atoms with van der Waals surface area (Å²) in [5.74, 6) is -0.326. The highest BCUT2D eigenvalue weighted by Crippen LogP contribution is 2.25. The first-order valence-electron chi connectivity index (χ1n) is 8.65. The number of benzene rings is 2. The molecule has 0 atom stereocenters. The molecule has 4 heteroatoms. The van der Waals surface area contributed by atoms with Crippen molar-refractivity contribution in [3.05, 3.63) is 77.6 Å². The molecule has 1 heterocycles. The third-order valence-corrected chi connectivity index (χ3v) is 4.08. The molecular weight excluding hydrogens is 324 g/mol. The quantitative estimate of drug-likeness (QED) is 0.495. The first-order valence-corrected chi connectivity index (χ1v) is 8.65. The van der Waals surface area contributed by atoms with Gasteiger partial charge in [-0.15, -0.1) is 0 Å². The molecule has 0 spiro atoms. The van der Waals surface area contributed by atoms with Gasteiger partial charge in [0.25, 0.3) is 0 Å². The number of hydrogen-bond donors (Lipinski definition) is 0. The zero-order valence-electron chi connectivity index (χ0n) is 15.3. The summed E-state index contributed by atoms with van der Waals surface area (Å²) < 4.78 is 6.81. The number of aryl methyl sites for hydroxylation is 2. The third-order valence-electron chi connectivity index (χ3n) is 4.08. The van der Waals surface area contributed by atoms with Crippen molar-refractivity contribution in [1.82, 2.24) is 9.78 Å². The zero-order valence-corrected chi connectivity index (χ0v) is 15.3. The Morgan fingerprint density at radius 2 is 1.92 bits per heavy atom. The van der Waals surface area contributed by atoms with Crippen LogP contribution in [0.15, 0.2) is 60.8 Å². The van der Waals surface area contributed by atoms with Crippen LogP contribution in [0.4, 0.5) is 0 Å². The molecule has 0 unspecified atom stereocenters. The van der Waals surface area contributed by atoms with Gasteiger partial charge < -0.3 is 4.74 Å². The van der Waals surface area contributed by atoms with Crippen LogP contribution < -0.4 is 0 Å². The zero-order chi connectivity index (χ0) is 18.5. The number of aromatic nitrogens is 2. The van der Waals surface area contributed by atoms with Crippen molar-refractivity contribution in [1.29, 1.82) is 0 Å². The Balaban J connectivity index is 1.86. The molecule has 0 amide bonds. The molecule has 0 N–H and O–H groups in total. The van der Waals surface area contributed by atoms with E-state index in [0.717, 1.165) is 33.6 Å². The number of nitrogens with zero attached hydrogens (tertiary/aromatic N) is 2. The van der Waals surface area contributed by atoms with E-state index in [4.69, 9.17) is 4.74 Å². The smallest absolute Gasteiger partial charge is 0.330 e. The molecular formula is C22H22N2O2. The predicted molar refractivity (Wildman–Crippen MR) is 104 cm³/mol. The molecule has 0 fully saturated rings. The van der Waals surface area contributed by atoms with Crippen LogP contribution in [-0.2, 0) is 9.53 Å². The number of carbonyl (C=O) groups is 1. The van der Waals surface area contributed by atoms with E-state index in [1.165, 1.54) is 6.08 Å². The van der Waals surface area contributed by atoms with Gasteiger partial charge >= 0.3 is 5.97 Å². The minimum Gasteiger partial charge on any atom is -0.463 e. The van der Waals surface area contributed by atoms with Crippen LogP contribution in [0.2, 0.25) is 0 Å². The van der Waals surface area contributed by atoms with Crippen LogP contribution in [0.5, 0.6) is 0 Å². The van der Waals surface area contributed by atoms with Crippen LogP contribution in [0, 0.1) is 13.8 Å². The van der Waals surface area contributed by atoms with Gasteiger partial charge in [0.15, 0.2) is 0 Å². The molecule has 3 aromatic rings. The first-order chi connectivity index (χ1) is 12.6. The van der Waals surface area contributed by atoms with Crippen molar-refractivity contribution in [2.75, 3.05) is 6.61 Å². The summed E-state index contributed by atoms with van der Waals surface area (Å²) in [5.41, 5.74) is 6.40. The first kappa shape index (κ1) is 17.7. The molecule has 26 heavy (non-hydrogen) atoms. The standard InChI is InChI=1S/C22H22N2O2/c1-4-26-22(25)11-8-18-6-5-7-19(15-18)20-9-10-21(16(2)14-20)24-13-12-17(3)23-24/h5-15H,4H2,1-3H3. The minimum atomic E-state index is -0.326. The summed E-state index contributed by atoms with van der Waals surface area (Å²) in [6, 6.07) is 16.4. The molecule has 3 rings (SSSR count). The summed E-state index contributed by atoms with van der Waals surface area (Å²) in [5, 5.41) is 4.48. The largest absolute Gasteiger partial charge is 0.463 e.